The van der Waals surface area contributed by atoms with Crippen LogP contribution < -0.4 is 5.32 Å². The molecule has 1 rings (SSSR count). The fourth-order valence-electron chi connectivity index (χ4n) is 1.28. The third-order valence-corrected chi connectivity index (χ3v) is 3.39. The molecule has 0 radical (unpaired) electrons. The summed E-state index contributed by atoms with van der Waals surface area (Å²) in [6, 6.07) is 5.08. The highest BCUT2D eigenvalue weighted by molar-refractivity contribution is 9.10. The van der Waals surface area contributed by atoms with Gasteiger partial charge in [-0.1, -0.05) is 23.8 Å². The van der Waals surface area contributed by atoms with Crippen LogP contribution in [0.3, 0.4) is 0 Å². The number of methoxy groups -OCH3 is 1. The molecule has 0 aliphatic heterocycles. The van der Waals surface area contributed by atoms with Gasteiger partial charge >= 0.3 is 5.97 Å². The van der Waals surface area contributed by atoms with E-state index in [9.17, 15) is 9.90 Å². The Labute approximate surface area is 129 Å². The quantitative estimate of drug-likeness (QED) is 0.369. The molecule has 1 aromatic rings. The molecule has 0 atom stereocenters. The summed E-state index contributed by atoms with van der Waals surface area (Å²) in [5, 5.41) is 12.8. The Morgan fingerprint density at radius 3 is 2.68 bits per heavy atom. The number of ether oxygens (including phenoxy) is 1. The molecule has 0 amide bonds. The van der Waals surface area contributed by atoms with E-state index in [4.69, 9.17) is 23.8 Å². The van der Waals surface area contributed by atoms with Gasteiger partial charge in [-0.25, -0.2) is 4.79 Å². The lowest BCUT2D eigenvalue weighted by Gasteiger charge is -2.12. The van der Waals surface area contributed by atoms with Gasteiger partial charge in [0.1, 0.15) is 16.3 Å². The monoisotopic (exact) mass is 363 g/mol. The van der Waals surface area contributed by atoms with Crippen molar-refractivity contribution in [2.45, 2.75) is 6.92 Å². The largest absolute Gasteiger partial charge is 0.512 e. The Kier molecular flexibility index (Phi) is 5.78. The highest BCUT2D eigenvalue weighted by atomic mass is 79.9. The number of aliphatic hydroxyl groups is 1. The molecule has 0 spiro atoms. The van der Waals surface area contributed by atoms with Gasteiger partial charge in [0.25, 0.3) is 0 Å². The number of hydrogen-bond acceptors (Lipinski definition) is 4. The minimum absolute atomic E-state index is 0.0508. The van der Waals surface area contributed by atoms with Crippen LogP contribution in [0.1, 0.15) is 6.92 Å². The third kappa shape index (κ3) is 4.19. The number of halogens is 2. The molecule has 4 nitrogen and oxygen atoms in total. The zero-order valence-electron chi connectivity index (χ0n) is 10.2. The van der Waals surface area contributed by atoms with Crippen LogP contribution in [0.15, 0.2) is 34.0 Å². The Morgan fingerprint density at radius 1 is 1.53 bits per heavy atom. The number of esters is 1. The molecule has 0 aliphatic carbocycles. The number of carbonyl (C=O) groups is 1. The average molecular weight is 365 g/mol. The minimum atomic E-state index is -0.712. The first kappa shape index (κ1) is 15.9. The van der Waals surface area contributed by atoms with Crippen molar-refractivity contribution < 1.29 is 14.6 Å². The van der Waals surface area contributed by atoms with Gasteiger partial charge in [0.2, 0.25) is 0 Å². The number of thiocarbonyl (C=S) groups is 1. The summed E-state index contributed by atoms with van der Waals surface area (Å²) in [5.74, 6) is -0.932. The van der Waals surface area contributed by atoms with Gasteiger partial charge < -0.3 is 15.2 Å². The molecule has 0 aliphatic rings. The second kappa shape index (κ2) is 6.88. The number of benzene rings is 1. The first-order chi connectivity index (χ1) is 8.86. The second-order valence-electron chi connectivity index (χ2n) is 3.53. The lowest BCUT2D eigenvalue weighted by atomic mass is 10.2. The van der Waals surface area contributed by atoms with Gasteiger partial charge in [-0.15, -0.1) is 0 Å². The lowest BCUT2D eigenvalue weighted by molar-refractivity contribution is -0.135. The van der Waals surface area contributed by atoms with E-state index in [0.29, 0.717) is 10.7 Å². The highest BCUT2D eigenvalue weighted by Gasteiger charge is 2.19. The molecule has 102 valence electrons. The van der Waals surface area contributed by atoms with Crippen molar-refractivity contribution in [3.05, 3.63) is 39.0 Å². The predicted molar refractivity (Wildman–Crippen MR) is 82.7 cm³/mol. The lowest BCUT2D eigenvalue weighted by Crippen LogP contribution is -2.21. The fourth-order valence-corrected chi connectivity index (χ4v) is 2.14. The highest BCUT2D eigenvalue weighted by Crippen LogP contribution is 2.26. The Bertz CT molecular complexity index is 556. The van der Waals surface area contributed by atoms with E-state index in [1.807, 2.05) is 0 Å². The van der Waals surface area contributed by atoms with Gasteiger partial charge in [-0.2, -0.15) is 0 Å². The first-order valence-corrected chi connectivity index (χ1v) is 6.69. The Balaban J connectivity index is 3.05. The minimum Gasteiger partial charge on any atom is -0.512 e. The number of allylic oxidation sites excluding steroid dienone is 1. The van der Waals surface area contributed by atoms with Crippen molar-refractivity contribution >= 4 is 56.4 Å². The van der Waals surface area contributed by atoms with E-state index < -0.39 is 5.97 Å². The second-order valence-corrected chi connectivity index (χ2v) is 5.23. The number of nitrogens with one attached hydrogen (secondary N) is 1. The number of anilines is 1. The van der Waals surface area contributed by atoms with Crippen LogP contribution in [-0.4, -0.2) is 23.2 Å². The molecule has 0 fully saturated rings. The van der Waals surface area contributed by atoms with Gasteiger partial charge in [-0.05, 0) is 41.1 Å². The van der Waals surface area contributed by atoms with Crippen molar-refractivity contribution in [2.24, 2.45) is 0 Å². The molecule has 0 heterocycles. The first-order valence-electron chi connectivity index (χ1n) is 5.11. The summed E-state index contributed by atoms with van der Waals surface area (Å²) >= 11 is 14.3. The van der Waals surface area contributed by atoms with E-state index in [2.05, 4.69) is 26.0 Å². The predicted octanol–water partition coefficient (Wildman–Crippen LogP) is 3.85. The summed E-state index contributed by atoms with van der Waals surface area (Å²) < 4.78 is 5.29. The molecule has 0 bridgehead atoms. The van der Waals surface area contributed by atoms with Gasteiger partial charge in [0, 0.05) is 9.50 Å². The maximum atomic E-state index is 11.5. The number of hydrogen-bond donors (Lipinski definition) is 2. The number of aliphatic hydroxyl groups excluding tert-OH is 1. The van der Waals surface area contributed by atoms with Crippen molar-refractivity contribution in [1.82, 2.24) is 0 Å². The van der Waals surface area contributed by atoms with Gasteiger partial charge in [0.05, 0.1) is 12.8 Å². The van der Waals surface area contributed by atoms with Crippen molar-refractivity contribution in [2.75, 3.05) is 12.4 Å². The summed E-state index contributed by atoms with van der Waals surface area (Å²) in [7, 11) is 1.21. The van der Waals surface area contributed by atoms with Crippen molar-refractivity contribution in [3.63, 3.8) is 0 Å². The molecular weight excluding hydrogens is 354 g/mol. The van der Waals surface area contributed by atoms with E-state index >= 15 is 0 Å². The SMILES string of the molecule is COC(=O)C(C(=S)Nc1cc(Cl)ccc1Br)=C(C)O. The zero-order chi connectivity index (χ0) is 14.6. The summed E-state index contributed by atoms with van der Waals surface area (Å²) in [6.07, 6.45) is 0. The van der Waals surface area contributed by atoms with E-state index in [1.165, 1.54) is 14.0 Å². The molecule has 1 aromatic carbocycles. The summed E-state index contributed by atoms with van der Waals surface area (Å²) in [6.45, 7) is 1.35. The smallest absolute Gasteiger partial charge is 0.344 e. The Morgan fingerprint density at radius 2 is 2.16 bits per heavy atom. The van der Waals surface area contributed by atoms with E-state index in [1.54, 1.807) is 18.2 Å². The molecule has 0 unspecified atom stereocenters. The normalized spacial score (nSPS) is 11.6. The maximum absolute atomic E-state index is 11.5. The van der Waals surface area contributed by atoms with Gasteiger partial charge in [-0.3, -0.25) is 0 Å². The topological polar surface area (TPSA) is 58.6 Å². The Hall–Kier alpha value is -1.11. The van der Waals surface area contributed by atoms with Crippen LogP contribution >= 0.6 is 39.7 Å². The molecule has 0 saturated heterocycles. The number of carbonyl (C=O) groups excluding carboxylic acids is 1. The van der Waals surface area contributed by atoms with Crippen LogP contribution in [0.4, 0.5) is 5.69 Å². The molecule has 19 heavy (non-hydrogen) atoms. The fraction of sp³-hybridized carbons (Fsp3) is 0.167. The molecule has 0 saturated carbocycles. The molecule has 0 aromatic heterocycles. The van der Waals surface area contributed by atoms with Crippen molar-refractivity contribution in [3.8, 4) is 0 Å². The molecule has 7 heteroatoms. The standard InChI is InChI=1S/C12H11BrClNO3S/c1-6(16)10(12(17)18-2)11(19)15-9-5-7(14)3-4-8(9)13/h3-5,16H,1-2H3,(H,15,19). The van der Waals surface area contributed by atoms with Crippen LogP contribution in [0.5, 0.6) is 0 Å². The summed E-state index contributed by atoms with van der Waals surface area (Å²) in [5.41, 5.74) is 0.490. The summed E-state index contributed by atoms with van der Waals surface area (Å²) in [4.78, 5) is 11.6. The molecular formula is C12H11BrClNO3S. The van der Waals surface area contributed by atoms with Crippen LogP contribution in [0.25, 0.3) is 0 Å². The maximum Gasteiger partial charge on any atom is 0.344 e. The van der Waals surface area contributed by atoms with Crippen molar-refractivity contribution in [1.29, 1.82) is 0 Å². The van der Waals surface area contributed by atoms with Crippen LogP contribution in [0.2, 0.25) is 5.02 Å². The van der Waals surface area contributed by atoms with Crippen LogP contribution in [-0.2, 0) is 9.53 Å². The molecule has 2 N–H and O–H groups in total. The third-order valence-electron chi connectivity index (χ3n) is 2.15. The van der Waals surface area contributed by atoms with Crippen LogP contribution in [0, 0.1) is 0 Å². The van der Waals surface area contributed by atoms with E-state index in [-0.39, 0.29) is 16.3 Å². The average Bonchev–Trinajstić information content (AvgIpc) is 2.33. The van der Waals surface area contributed by atoms with Gasteiger partial charge in [0.15, 0.2) is 0 Å². The number of rotatable bonds is 3. The van der Waals surface area contributed by atoms with E-state index in [0.717, 1.165) is 4.47 Å². The zero-order valence-corrected chi connectivity index (χ0v) is 13.3.